The molecule has 0 atom stereocenters. The monoisotopic (exact) mass is 362 g/mol. The molecule has 0 unspecified atom stereocenters. The van der Waals surface area contributed by atoms with Crippen LogP contribution in [0, 0.1) is 6.92 Å². The Bertz CT molecular complexity index is 961. The number of benzene rings is 2. The van der Waals surface area contributed by atoms with Gasteiger partial charge in [-0.15, -0.1) is 0 Å². The molecular weight excluding hydrogens is 340 g/mol. The number of hydrogen-bond acceptors (Lipinski definition) is 3. The van der Waals surface area contributed by atoms with Gasteiger partial charge >= 0.3 is 0 Å². The summed E-state index contributed by atoms with van der Waals surface area (Å²) in [4.78, 5) is 28.2. The second-order valence-electron chi connectivity index (χ2n) is 6.11. The van der Waals surface area contributed by atoms with Gasteiger partial charge in [-0.1, -0.05) is 42.5 Å². The summed E-state index contributed by atoms with van der Waals surface area (Å²) in [7, 11) is 0. The number of imidazole rings is 1. The highest BCUT2D eigenvalue weighted by molar-refractivity contribution is 5.94. The van der Waals surface area contributed by atoms with Gasteiger partial charge in [-0.2, -0.15) is 0 Å². The molecule has 2 aromatic carbocycles. The highest BCUT2D eigenvalue weighted by Crippen LogP contribution is 2.14. The van der Waals surface area contributed by atoms with Crippen molar-refractivity contribution >= 4 is 28.9 Å². The van der Waals surface area contributed by atoms with E-state index in [1.807, 2.05) is 61.5 Å². The highest BCUT2D eigenvalue weighted by atomic mass is 16.2. The molecule has 0 aliphatic carbocycles. The third kappa shape index (κ3) is 5.04. The zero-order chi connectivity index (χ0) is 19.1. The van der Waals surface area contributed by atoms with E-state index in [0.717, 1.165) is 22.4 Å². The van der Waals surface area contributed by atoms with E-state index in [-0.39, 0.29) is 18.4 Å². The van der Waals surface area contributed by atoms with Crippen molar-refractivity contribution in [1.82, 2.24) is 20.2 Å². The highest BCUT2D eigenvalue weighted by Gasteiger charge is 2.07. The van der Waals surface area contributed by atoms with Crippen molar-refractivity contribution in [3.8, 4) is 0 Å². The fraction of sp³-hybridized carbons (Fsp3) is 0.190. The van der Waals surface area contributed by atoms with Gasteiger partial charge in [-0.3, -0.25) is 9.59 Å². The predicted octanol–water partition coefficient (Wildman–Crippen LogP) is 2.29. The van der Waals surface area contributed by atoms with Crippen molar-refractivity contribution in [3.63, 3.8) is 0 Å². The lowest BCUT2D eigenvalue weighted by Gasteiger charge is -2.09. The normalized spacial score (nSPS) is 11.0. The molecule has 0 aliphatic rings. The minimum absolute atomic E-state index is 0.0539. The third-order valence-corrected chi connectivity index (χ3v) is 4.15. The lowest BCUT2D eigenvalue weighted by atomic mass is 10.2. The SMILES string of the molecule is Cc1nc2ccccc2n1CCNC(=O)CNC(=O)C=Cc1ccccc1. The number of amides is 2. The van der Waals surface area contributed by atoms with Crippen LogP contribution in [0.15, 0.2) is 60.7 Å². The molecule has 0 fully saturated rings. The molecule has 6 heteroatoms. The molecule has 0 bridgehead atoms. The molecule has 2 N–H and O–H groups in total. The van der Waals surface area contributed by atoms with Gasteiger partial charge in [0.15, 0.2) is 0 Å². The molecule has 0 radical (unpaired) electrons. The summed E-state index contributed by atoms with van der Waals surface area (Å²) in [5.74, 6) is 0.383. The van der Waals surface area contributed by atoms with Crippen molar-refractivity contribution < 1.29 is 9.59 Å². The van der Waals surface area contributed by atoms with Gasteiger partial charge in [0, 0.05) is 19.2 Å². The summed E-state index contributed by atoms with van der Waals surface area (Å²) in [5.41, 5.74) is 2.92. The summed E-state index contributed by atoms with van der Waals surface area (Å²) < 4.78 is 2.07. The van der Waals surface area contributed by atoms with Crippen LogP contribution in [0.5, 0.6) is 0 Å². The average molecular weight is 362 g/mol. The van der Waals surface area contributed by atoms with E-state index >= 15 is 0 Å². The third-order valence-electron chi connectivity index (χ3n) is 4.15. The molecule has 0 spiro atoms. The van der Waals surface area contributed by atoms with Gasteiger partial charge < -0.3 is 15.2 Å². The number of carbonyl (C=O) groups is 2. The van der Waals surface area contributed by atoms with E-state index in [0.29, 0.717) is 13.1 Å². The first kappa shape index (κ1) is 18.4. The average Bonchev–Trinajstić information content (AvgIpc) is 3.01. The Kier molecular flexibility index (Phi) is 5.99. The molecule has 6 nitrogen and oxygen atoms in total. The first-order valence-electron chi connectivity index (χ1n) is 8.83. The van der Waals surface area contributed by atoms with Gasteiger partial charge in [0.2, 0.25) is 11.8 Å². The summed E-state index contributed by atoms with van der Waals surface area (Å²) in [6.07, 6.45) is 3.13. The quantitative estimate of drug-likeness (QED) is 0.633. The maximum atomic E-state index is 11.9. The van der Waals surface area contributed by atoms with Crippen LogP contribution in [0.4, 0.5) is 0 Å². The smallest absolute Gasteiger partial charge is 0.244 e. The second-order valence-corrected chi connectivity index (χ2v) is 6.11. The molecular formula is C21H22N4O2. The lowest BCUT2D eigenvalue weighted by molar-refractivity contribution is -0.123. The Hall–Kier alpha value is -3.41. The van der Waals surface area contributed by atoms with Gasteiger partial charge in [-0.25, -0.2) is 4.98 Å². The van der Waals surface area contributed by atoms with Crippen molar-refractivity contribution in [2.24, 2.45) is 0 Å². The predicted molar refractivity (Wildman–Crippen MR) is 106 cm³/mol. The van der Waals surface area contributed by atoms with E-state index in [4.69, 9.17) is 0 Å². The zero-order valence-electron chi connectivity index (χ0n) is 15.2. The van der Waals surface area contributed by atoms with E-state index in [1.54, 1.807) is 6.08 Å². The van der Waals surface area contributed by atoms with Gasteiger partial charge in [0.25, 0.3) is 0 Å². The molecule has 27 heavy (non-hydrogen) atoms. The Balaban J connectivity index is 1.42. The molecule has 1 heterocycles. The van der Waals surface area contributed by atoms with Crippen molar-refractivity contribution in [1.29, 1.82) is 0 Å². The number of hydrogen-bond donors (Lipinski definition) is 2. The molecule has 0 saturated heterocycles. The van der Waals surface area contributed by atoms with Crippen LogP contribution >= 0.6 is 0 Å². The second kappa shape index (κ2) is 8.80. The van der Waals surface area contributed by atoms with Crippen LogP contribution < -0.4 is 10.6 Å². The number of aromatic nitrogens is 2. The molecule has 3 aromatic rings. The number of nitrogens with zero attached hydrogens (tertiary/aromatic N) is 2. The fourth-order valence-electron chi connectivity index (χ4n) is 2.81. The number of rotatable bonds is 7. The molecule has 3 rings (SSSR count). The van der Waals surface area contributed by atoms with E-state index < -0.39 is 0 Å². The number of fused-ring (bicyclic) bond motifs is 1. The van der Waals surface area contributed by atoms with Crippen LogP contribution in [0.2, 0.25) is 0 Å². The van der Waals surface area contributed by atoms with E-state index in [2.05, 4.69) is 20.2 Å². The minimum atomic E-state index is -0.301. The van der Waals surface area contributed by atoms with Crippen LogP contribution in [-0.4, -0.2) is 34.5 Å². The number of para-hydroxylation sites is 2. The number of aryl methyl sites for hydroxylation is 1. The maximum Gasteiger partial charge on any atom is 0.244 e. The Morgan fingerprint density at radius 1 is 1.04 bits per heavy atom. The van der Waals surface area contributed by atoms with E-state index in [1.165, 1.54) is 6.08 Å². The number of nitrogens with one attached hydrogen (secondary N) is 2. The molecule has 138 valence electrons. The molecule has 1 aromatic heterocycles. The van der Waals surface area contributed by atoms with Gasteiger partial charge in [-0.05, 0) is 30.7 Å². The largest absolute Gasteiger partial charge is 0.353 e. The molecule has 2 amide bonds. The van der Waals surface area contributed by atoms with Gasteiger partial charge in [0.05, 0.1) is 17.6 Å². The fourth-order valence-corrected chi connectivity index (χ4v) is 2.81. The first-order chi connectivity index (χ1) is 13.1. The van der Waals surface area contributed by atoms with Crippen molar-refractivity contribution in [2.75, 3.05) is 13.1 Å². The van der Waals surface area contributed by atoms with Crippen LogP contribution in [-0.2, 0) is 16.1 Å². The maximum absolute atomic E-state index is 11.9. The number of carbonyl (C=O) groups excluding carboxylic acids is 2. The van der Waals surface area contributed by atoms with Crippen LogP contribution in [0.3, 0.4) is 0 Å². The van der Waals surface area contributed by atoms with E-state index in [9.17, 15) is 9.59 Å². The Labute approximate surface area is 157 Å². The standard InChI is InChI=1S/C21H22N4O2/c1-16-24-18-9-5-6-10-19(18)25(16)14-13-22-21(27)15-23-20(26)12-11-17-7-3-2-4-8-17/h2-12H,13-15H2,1H3,(H,22,27)(H,23,26). The summed E-state index contributed by atoms with van der Waals surface area (Å²) in [6.45, 7) is 2.98. The van der Waals surface area contributed by atoms with Crippen LogP contribution in [0.1, 0.15) is 11.4 Å². The topological polar surface area (TPSA) is 76.0 Å². The summed E-state index contributed by atoms with van der Waals surface area (Å²) >= 11 is 0. The zero-order valence-corrected chi connectivity index (χ0v) is 15.2. The Morgan fingerprint density at radius 3 is 2.59 bits per heavy atom. The first-order valence-corrected chi connectivity index (χ1v) is 8.83. The Morgan fingerprint density at radius 2 is 1.78 bits per heavy atom. The molecule has 0 aliphatic heterocycles. The minimum Gasteiger partial charge on any atom is -0.353 e. The molecule has 0 saturated carbocycles. The summed E-state index contributed by atoms with van der Waals surface area (Å²) in [5, 5.41) is 5.40. The van der Waals surface area contributed by atoms with Crippen molar-refractivity contribution in [3.05, 3.63) is 72.1 Å². The lowest BCUT2D eigenvalue weighted by Crippen LogP contribution is -2.37. The summed E-state index contributed by atoms with van der Waals surface area (Å²) in [6, 6.07) is 17.4. The van der Waals surface area contributed by atoms with Crippen molar-refractivity contribution in [2.45, 2.75) is 13.5 Å². The van der Waals surface area contributed by atoms with Gasteiger partial charge in [0.1, 0.15) is 5.82 Å². The van der Waals surface area contributed by atoms with Crippen LogP contribution in [0.25, 0.3) is 17.1 Å².